The Balaban J connectivity index is 2.14. The Labute approximate surface area is 119 Å². The lowest BCUT2D eigenvalue weighted by Gasteiger charge is -2.32. The van der Waals surface area contributed by atoms with Gasteiger partial charge >= 0.3 is 0 Å². The molecule has 4 nitrogen and oxygen atoms in total. The number of hydrogen-bond acceptors (Lipinski definition) is 4. The second-order valence-electron chi connectivity index (χ2n) is 5.34. The number of aliphatic hydroxyl groups excluding tert-OH is 1. The second kappa shape index (κ2) is 5.91. The molecule has 0 saturated heterocycles. The fraction of sp³-hybridized carbons (Fsp3) is 0.692. The van der Waals surface area contributed by atoms with E-state index in [4.69, 9.17) is 5.11 Å². The molecule has 108 valence electrons. The highest BCUT2D eigenvalue weighted by atomic mass is 32.2. The van der Waals surface area contributed by atoms with Crippen LogP contribution in [0.3, 0.4) is 0 Å². The summed E-state index contributed by atoms with van der Waals surface area (Å²) in [7, 11) is -1.74. The third kappa shape index (κ3) is 3.18. The normalized spacial score (nSPS) is 24.8. The van der Waals surface area contributed by atoms with Crippen molar-refractivity contribution in [1.82, 2.24) is 4.31 Å². The largest absolute Gasteiger partial charge is 0.391 e. The predicted molar refractivity (Wildman–Crippen MR) is 76.6 cm³/mol. The number of aliphatic hydroxyl groups is 1. The molecule has 19 heavy (non-hydrogen) atoms. The minimum absolute atomic E-state index is 0.106. The molecule has 2 rings (SSSR count). The fourth-order valence-corrected chi connectivity index (χ4v) is 5.08. The molecule has 0 amide bonds. The highest BCUT2D eigenvalue weighted by Gasteiger charge is 2.31. The van der Waals surface area contributed by atoms with E-state index < -0.39 is 10.0 Å². The highest BCUT2D eigenvalue weighted by molar-refractivity contribution is 7.89. The quantitative estimate of drug-likeness (QED) is 0.929. The molecule has 0 radical (unpaired) electrons. The van der Waals surface area contributed by atoms with Crippen LogP contribution in [-0.2, 0) is 16.6 Å². The number of thiophene rings is 1. The first kappa shape index (κ1) is 15.0. The minimum Gasteiger partial charge on any atom is -0.391 e. The molecule has 1 aromatic heterocycles. The molecule has 1 heterocycles. The third-order valence-corrected chi connectivity index (χ3v) is 6.92. The average Bonchev–Trinajstić information content (AvgIpc) is 2.88. The molecule has 1 aliphatic rings. The standard InChI is InChI=1S/C13H21NO3S2/c1-10-3-5-11(6-4-10)14(2)19(16,17)13-7-12(8-15)18-9-13/h7,9-11,15H,3-6,8H2,1-2H3. The van der Waals surface area contributed by atoms with Gasteiger partial charge in [0.05, 0.1) is 11.5 Å². The molecular formula is C13H21NO3S2. The molecule has 1 saturated carbocycles. The molecule has 0 aromatic carbocycles. The maximum Gasteiger partial charge on any atom is 0.243 e. The van der Waals surface area contributed by atoms with Crippen LogP contribution in [0.25, 0.3) is 0 Å². The number of sulfonamides is 1. The van der Waals surface area contributed by atoms with Gasteiger partial charge in [0, 0.05) is 23.3 Å². The van der Waals surface area contributed by atoms with Crippen LogP contribution in [0.15, 0.2) is 16.3 Å². The Bertz CT molecular complexity index is 516. The minimum atomic E-state index is -3.41. The topological polar surface area (TPSA) is 57.6 Å². The first-order valence-corrected chi connectivity index (χ1v) is 8.93. The van der Waals surface area contributed by atoms with E-state index in [1.165, 1.54) is 15.6 Å². The van der Waals surface area contributed by atoms with E-state index in [2.05, 4.69) is 6.92 Å². The van der Waals surface area contributed by atoms with Crippen molar-refractivity contribution in [3.8, 4) is 0 Å². The van der Waals surface area contributed by atoms with Crippen molar-refractivity contribution < 1.29 is 13.5 Å². The fourth-order valence-electron chi connectivity index (χ4n) is 2.55. The number of nitrogens with zero attached hydrogens (tertiary/aromatic N) is 1. The van der Waals surface area contributed by atoms with Gasteiger partial charge in [0.1, 0.15) is 0 Å². The van der Waals surface area contributed by atoms with Crippen molar-refractivity contribution in [2.24, 2.45) is 5.92 Å². The van der Waals surface area contributed by atoms with Crippen LogP contribution in [0, 0.1) is 5.92 Å². The monoisotopic (exact) mass is 303 g/mol. The van der Waals surface area contributed by atoms with Crippen LogP contribution in [-0.4, -0.2) is 30.9 Å². The maximum atomic E-state index is 12.5. The zero-order chi connectivity index (χ0) is 14.0. The van der Waals surface area contributed by atoms with Crippen LogP contribution in [0.4, 0.5) is 0 Å². The van der Waals surface area contributed by atoms with Crippen LogP contribution in [0.5, 0.6) is 0 Å². The third-order valence-electron chi connectivity index (χ3n) is 3.96. The van der Waals surface area contributed by atoms with Gasteiger partial charge in [-0.15, -0.1) is 11.3 Å². The van der Waals surface area contributed by atoms with Gasteiger partial charge in [0.25, 0.3) is 0 Å². The molecule has 1 aromatic rings. The van der Waals surface area contributed by atoms with E-state index in [1.54, 1.807) is 18.5 Å². The van der Waals surface area contributed by atoms with Gasteiger partial charge in [-0.05, 0) is 37.7 Å². The van der Waals surface area contributed by atoms with Crippen molar-refractivity contribution >= 4 is 21.4 Å². The molecule has 0 spiro atoms. The van der Waals surface area contributed by atoms with Crippen molar-refractivity contribution in [3.63, 3.8) is 0 Å². The van der Waals surface area contributed by atoms with E-state index in [1.807, 2.05) is 0 Å². The Morgan fingerprint density at radius 2 is 2.00 bits per heavy atom. The van der Waals surface area contributed by atoms with Crippen LogP contribution < -0.4 is 0 Å². The molecule has 0 unspecified atom stereocenters. The molecular weight excluding hydrogens is 282 g/mol. The van der Waals surface area contributed by atoms with Gasteiger partial charge in [0.2, 0.25) is 10.0 Å². The van der Waals surface area contributed by atoms with Crippen molar-refractivity contribution in [1.29, 1.82) is 0 Å². The summed E-state index contributed by atoms with van der Waals surface area (Å²) in [6, 6.07) is 1.68. The SMILES string of the molecule is CC1CCC(N(C)S(=O)(=O)c2csc(CO)c2)CC1. The van der Waals surface area contributed by atoms with Gasteiger partial charge in [0.15, 0.2) is 0 Å². The summed E-state index contributed by atoms with van der Waals surface area (Å²) < 4.78 is 26.5. The summed E-state index contributed by atoms with van der Waals surface area (Å²) in [6.07, 6.45) is 4.06. The van der Waals surface area contributed by atoms with Crippen molar-refractivity contribution in [3.05, 3.63) is 16.3 Å². The summed E-state index contributed by atoms with van der Waals surface area (Å²) in [6.45, 7) is 2.11. The van der Waals surface area contributed by atoms with E-state index in [-0.39, 0.29) is 12.6 Å². The summed E-state index contributed by atoms with van der Waals surface area (Å²) in [5, 5.41) is 10.6. The number of hydrogen-bond donors (Lipinski definition) is 1. The lowest BCUT2D eigenvalue weighted by Crippen LogP contribution is -2.39. The predicted octanol–water partition coefficient (Wildman–Crippen LogP) is 2.44. The average molecular weight is 303 g/mol. The summed E-state index contributed by atoms with van der Waals surface area (Å²) in [5.74, 6) is 0.703. The first-order valence-electron chi connectivity index (χ1n) is 6.61. The highest BCUT2D eigenvalue weighted by Crippen LogP contribution is 2.30. The first-order chi connectivity index (χ1) is 8.95. The Morgan fingerprint density at radius 3 is 2.53 bits per heavy atom. The number of rotatable bonds is 4. The molecule has 1 fully saturated rings. The molecule has 1 aliphatic carbocycles. The summed E-state index contributed by atoms with van der Waals surface area (Å²) in [5.41, 5.74) is 0. The van der Waals surface area contributed by atoms with Crippen molar-refractivity contribution in [2.45, 2.75) is 50.2 Å². The van der Waals surface area contributed by atoms with Crippen molar-refractivity contribution in [2.75, 3.05) is 7.05 Å². The van der Waals surface area contributed by atoms with Gasteiger partial charge in [-0.25, -0.2) is 8.42 Å². The zero-order valence-electron chi connectivity index (χ0n) is 11.4. The van der Waals surface area contributed by atoms with Gasteiger partial charge in [-0.2, -0.15) is 4.31 Å². The Hall–Kier alpha value is -0.430. The molecule has 0 bridgehead atoms. The lowest BCUT2D eigenvalue weighted by atomic mass is 9.87. The summed E-state index contributed by atoms with van der Waals surface area (Å²) in [4.78, 5) is 0.993. The maximum absolute atomic E-state index is 12.5. The second-order valence-corrected chi connectivity index (χ2v) is 8.34. The van der Waals surface area contributed by atoms with E-state index >= 15 is 0 Å². The Morgan fingerprint density at radius 1 is 1.37 bits per heavy atom. The molecule has 6 heteroatoms. The van der Waals surface area contributed by atoms with E-state index in [0.717, 1.165) is 25.7 Å². The van der Waals surface area contributed by atoms with Crippen LogP contribution in [0.2, 0.25) is 0 Å². The van der Waals surface area contributed by atoms with Gasteiger partial charge < -0.3 is 5.11 Å². The van der Waals surface area contributed by atoms with Crippen LogP contribution >= 0.6 is 11.3 Å². The zero-order valence-corrected chi connectivity index (χ0v) is 13.0. The van der Waals surface area contributed by atoms with E-state index in [0.29, 0.717) is 15.7 Å². The van der Waals surface area contributed by atoms with Gasteiger partial charge in [-0.3, -0.25) is 0 Å². The molecule has 0 atom stereocenters. The lowest BCUT2D eigenvalue weighted by molar-refractivity contribution is 0.246. The van der Waals surface area contributed by atoms with Crippen LogP contribution in [0.1, 0.15) is 37.5 Å². The Kier molecular flexibility index (Phi) is 4.66. The molecule has 1 N–H and O–H groups in total. The van der Waals surface area contributed by atoms with Gasteiger partial charge in [-0.1, -0.05) is 6.92 Å². The van der Waals surface area contributed by atoms with E-state index in [9.17, 15) is 8.42 Å². The summed E-state index contributed by atoms with van der Waals surface area (Å²) >= 11 is 1.29. The molecule has 0 aliphatic heterocycles. The smallest absolute Gasteiger partial charge is 0.243 e.